The highest BCUT2D eigenvalue weighted by atomic mass is 32.2. The van der Waals surface area contributed by atoms with E-state index >= 15 is 0 Å². The number of aryl methyl sites for hydroxylation is 1. The average molecular weight is 280 g/mol. The van der Waals surface area contributed by atoms with Crippen molar-refractivity contribution in [2.75, 3.05) is 5.43 Å². The second-order valence-corrected chi connectivity index (χ2v) is 4.61. The highest BCUT2D eigenvalue weighted by Gasteiger charge is 2.16. The third-order valence-electron chi connectivity index (χ3n) is 2.50. The van der Waals surface area contributed by atoms with Gasteiger partial charge >= 0.3 is 0 Å². The maximum Gasteiger partial charge on any atom is 0.293 e. The number of aromatic nitrogens is 3. The molecule has 100 valence electrons. The maximum absolute atomic E-state index is 10.9. The second kappa shape index (κ2) is 5.67. The third-order valence-corrected chi connectivity index (χ3v) is 3.58. The van der Waals surface area contributed by atoms with E-state index < -0.39 is 4.92 Å². The molecular formula is C10H12N6O2S. The highest BCUT2D eigenvalue weighted by molar-refractivity contribution is 7.98. The number of nitro groups is 1. The van der Waals surface area contributed by atoms with Crippen LogP contribution < -0.4 is 11.3 Å². The van der Waals surface area contributed by atoms with E-state index in [1.54, 1.807) is 23.9 Å². The zero-order valence-corrected chi connectivity index (χ0v) is 10.9. The summed E-state index contributed by atoms with van der Waals surface area (Å²) < 4.78 is 1.64. The van der Waals surface area contributed by atoms with E-state index in [2.05, 4.69) is 15.5 Å². The first-order valence-electron chi connectivity index (χ1n) is 5.33. The first kappa shape index (κ1) is 13.3. The fourth-order valence-electron chi connectivity index (χ4n) is 1.58. The molecule has 19 heavy (non-hydrogen) atoms. The van der Waals surface area contributed by atoms with Crippen molar-refractivity contribution in [1.82, 2.24) is 14.8 Å². The lowest BCUT2D eigenvalue weighted by atomic mass is 10.2. The molecule has 3 N–H and O–H groups in total. The Bertz CT molecular complexity index is 599. The van der Waals surface area contributed by atoms with Gasteiger partial charge in [-0.2, -0.15) is 5.10 Å². The van der Waals surface area contributed by atoms with Crippen molar-refractivity contribution in [3.05, 3.63) is 40.2 Å². The molecule has 8 nitrogen and oxygen atoms in total. The lowest BCUT2D eigenvalue weighted by molar-refractivity contribution is -0.384. The van der Waals surface area contributed by atoms with Crippen LogP contribution in [0.5, 0.6) is 0 Å². The highest BCUT2D eigenvalue weighted by Crippen LogP contribution is 2.31. The Morgan fingerprint density at radius 1 is 1.58 bits per heavy atom. The normalized spacial score (nSPS) is 10.4. The molecule has 0 fully saturated rings. The minimum Gasteiger partial charge on any atom is -0.318 e. The average Bonchev–Trinajstić information content (AvgIpc) is 2.81. The molecule has 0 spiro atoms. The number of nitrogens with two attached hydrogens (primary N) is 1. The summed E-state index contributed by atoms with van der Waals surface area (Å²) in [6.45, 7) is 0. The Kier molecular flexibility index (Phi) is 3.97. The van der Waals surface area contributed by atoms with Crippen molar-refractivity contribution in [3.63, 3.8) is 0 Å². The van der Waals surface area contributed by atoms with Gasteiger partial charge in [-0.25, -0.2) is 9.67 Å². The van der Waals surface area contributed by atoms with Gasteiger partial charge in [0.2, 0.25) is 0 Å². The number of rotatable bonds is 5. The minimum absolute atomic E-state index is 0.0430. The van der Waals surface area contributed by atoms with Gasteiger partial charge in [0.05, 0.1) is 4.92 Å². The maximum atomic E-state index is 10.9. The van der Waals surface area contributed by atoms with Gasteiger partial charge in [-0.1, -0.05) is 23.9 Å². The van der Waals surface area contributed by atoms with Crippen LogP contribution in [0.2, 0.25) is 0 Å². The van der Waals surface area contributed by atoms with Crippen LogP contribution in [0.3, 0.4) is 0 Å². The molecule has 0 amide bonds. The number of nitrogens with zero attached hydrogens (tertiary/aromatic N) is 4. The molecule has 0 aliphatic rings. The number of nitrogens with one attached hydrogen (secondary N) is 1. The molecule has 0 unspecified atom stereocenters. The predicted octanol–water partition coefficient (Wildman–Crippen LogP) is 1.30. The number of hydrazine groups is 1. The first-order valence-corrected chi connectivity index (χ1v) is 6.31. The summed E-state index contributed by atoms with van der Waals surface area (Å²) >= 11 is 1.43. The number of para-hydroxylation sites is 1. The Morgan fingerprint density at radius 2 is 2.37 bits per heavy atom. The Hall–Kier alpha value is -2.13. The molecule has 0 bridgehead atoms. The summed E-state index contributed by atoms with van der Waals surface area (Å²) in [5, 5.41) is 15.6. The van der Waals surface area contributed by atoms with Gasteiger partial charge < -0.3 is 5.43 Å². The predicted molar refractivity (Wildman–Crippen MR) is 71.5 cm³/mol. The molecule has 1 aromatic carbocycles. The number of nitrogen functional groups attached to an aromatic ring is 1. The topological polar surface area (TPSA) is 112 Å². The third kappa shape index (κ3) is 2.83. The summed E-state index contributed by atoms with van der Waals surface area (Å²) in [6.07, 6.45) is 1.46. The van der Waals surface area contributed by atoms with Crippen LogP contribution in [0.15, 0.2) is 29.7 Å². The molecule has 1 aromatic heterocycles. The smallest absolute Gasteiger partial charge is 0.293 e. The largest absolute Gasteiger partial charge is 0.318 e. The van der Waals surface area contributed by atoms with Crippen molar-refractivity contribution in [3.8, 4) is 0 Å². The van der Waals surface area contributed by atoms with Crippen LogP contribution >= 0.6 is 11.8 Å². The van der Waals surface area contributed by atoms with E-state index in [1.165, 1.54) is 24.2 Å². The SMILES string of the molecule is Cn1ncnc1SCc1cccc([N+](=O)[O-])c1NN. The van der Waals surface area contributed by atoms with Crippen molar-refractivity contribution in [2.45, 2.75) is 10.9 Å². The molecule has 0 saturated heterocycles. The number of benzene rings is 1. The summed E-state index contributed by atoms with van der Waals surface area (Å²) in [5.74, 6) is 5.88. The molecule has 0 atom stereocenters. The summed E-state index contributed by atoms with van der Waals surface area (Å²) in [5.41, 5.74) is 3.41. The van der Waals surface area contributed by atoms with Gasteiger partial charge in [-0.15, -0.1) is 0 Å². The van der Waals surface area contributed by atoms with Crippen molar-refractivity contribution in [1.29, 1.82) is 0 Å². The van der Waals surface area contributed by atoms with Crippen LogP contribution in [0.25, 0.3) is 0 Å². The van der Waals surface area contributed by atoms with Gasteiger partial charge in [0.25, 0.3) is 5.69 Å². The number of anilines is 1. The molecular weight excluding hydrogens is 268 g/mol. The van der Waals surface area contributed by atoms with E-state index in [4.69, 9.17) is 5.84 Å². The summed E-state index contributed by atoms with van der Waals surface area (Å²) in [7, 11) is 1.78. The van der Waals surface area contributed by atoms with Gasteiger partial charge in [-0.3, -0.25) is 16.0 Å². The molecule has 0 aliphatic heterocycles. The zero-order valence-electron chi connectivity index (χ0n) is 10.1. The molecule has 2 rings (SSSR count). The lowest BCUT2D eigenvalue weighted by Gasteiger charge is -2.08. The number of thioether (sulfide) groups is 1. The van der Waals surface area contributed by atoms with Crippen molar-refractivity contribution < 1.29 is 4.92 Å². The number of nitro benzene ring substituents is 1. The lowest BCUT2D eigenvalue weighted by Crippen LogP contribution is -2.11. The van der Waals surface area contributed by atoms with Crippen molar-refractivity contribution in [2.24, 2.45) is 12.9 Å². The number of hydrogen-bond acceptors (Lipinski definition) is 7. The van der Waals surface area contributed by atoms with E-state index in [9.17, 15) is 10.1 Å². The quantitative estimate of drug-likeness (QED) is 0.367. The van der Waals surface area contributed by atoms with E-state index in [0.717, 1.165) is 10.7 Å². The van der Waals surface area contributed by atoms with Crippen molar-refractivity contribution >= 4 is 23.1 Å². The van der Waals surface area contributed by atoms with Gasteiger partial charge in [0, 0.05) is 18.9 Å². The van der Waals surface area contributed by atoms with Gasteiger partial charge in [0.15, 0.2) is 5.16 Å². The molecule has 0 radical (unpaired) electrons. The molecule has 0 aliphatic carbocycles. The first-order chi connectivity index (χ1) is 9.13. The Morgan fingerprint density at radius 3 is 2.95 bits per heavy atom. The standard InChI is InChI=1S/C10H12N6O2S/c1-15-10(12-6-13-15)19-5-7-3-2-4-8(16(17)18)9(7)14-11/h2-4,6,14H,5,11H2,1H3. The Labute approximate surface area is 113 Å². The van der Waals surface area contributed by atoms with E-state index in [-0.39, 0.29) is 5.69 Å². The fraction of sp³-hybridized carbons (Fsp3) is 0.200. The van der Waals surface area contributed by atoms with Crippen LogP contribution in [0.1, 0.15) is 5.56 Å². The van der Waals surface area contributed by atoms with Crippen LogP contribution in [0.4, 0.5) is 11.4 Å². The molecule has 9 heteroatoms. The summed E-state index contributed by atoms with van der Waals surface area (Å²) in [6, 6.07) is 4.82. The van der Waals surface area contributed by atoms with Gasteiger partial charge in [-0.05, 0) is 5.56 Å². The fourth-order valence-corrected chi connectivity index (χ4v) is 2.47. The molecule has 2 aromatic rings. The monoisotopic (exact) mass is 280 g/mol. The zero-order chi connectivity index (χ0) is 13.8. The Balaban J connectivity index is 2.23. The minimum atomic E-state index is -0.467. The van der Waals surface area contributed by atoms with Crippen LogP contribution in [-0.2, 0) is 12.8 Å². The van der Waals surface area contributed by atoms with Crippen LogP contribution in [-0.4, -0.2) is 19.7 Å². The molecule has 0 saturated carbocycles. The molecule has 1 heterocycles. The number of hydrogen-bond donors (Lipinski definition) is 2. The van der Waals surface area contributed by atoms with E-state index in [0.29, 0.717) is 11.4 Å². The van der Waals surface area contributed by atoms with Crippen LogP contribution in [0, 0.1) is 10.1 Å². The summed E-state index contributed by atoms with van der Waals surface area (Å²) in [4.78, 5) is 14.5. The van der Waals surface area contributed by atoms with Gasteiger partial charge in [0.1, 0.15) is 12.0 Å². The second-order valence-electron chi connectivity index (χ2n) is 3.67. The van der Waals surface area contributed by atoms with E-state index in [1.807, 2.05) is 0 Å².